The minimum absolute atomic E-state index is 0.276. The number of ether oxygens (including phenoxy) is 1. The summed E-state index contributed by atoms with van der Waals surface area (Å²) in [5.41, 5.74) is 4.35. The minimum Gasteiger partial charge on any atom is -0.473 e. The second kappa shape index (κ2) is 9.54. The molecule has 2 aromatic rings. The molecule has 0 atom stereocenters. The Morgan fingerprint density at radius 3 is 2.39 bits per heavy atom. The molecule has 0 fully saturated rings. The Balaban J connectivity index is 0.000000409. The van der Waals surface area contributed by atoms with Crippen molar-refractivity contribution in [2.45, 2.75) is 39.3 Å². The van der Waals surface area contributed by atoms with Gasteiger partial charge >= 0.3 is 18.0 Å². The van der Waals surface area contributed by atoms with Crippen molar-refractivity contribution in [3.05, 3.63) is 53.1 Å². The zero-order valence-electron chi connectivity index (χ0n) is 15.7. The van der Waals surface area contributed by atoms with Crippen molar-refractivity contribution in [1.29, 1.82) is 0 Å². The maximum Gasteiger partial charge on any atom is 0.414 e. The van der Waals surface area contributed by atoms with Gasteiger partial charge in [-0.2, -0.15) is 0 Å². The van der Waals surface area contributed by atoms with E-state index in [2.05, 4.69) is 35.9 Å². The predicted octanol–water partition coefficient (Wildman–Crippen LogP) is 2.38. The van der Waals surface area contributed by atoms with Gasteiger partial charge in [-0.25, -0.2) is 19.4 Å². The summed E-state index contributed by atoms with van der Waals surface area (Å²) in [5, 5.41) is 14.8. The molecule has 1 aromatic heterocycles. The molecular weight excluding hydrogens is 366 g/mol. The molecule has 1 aromatic carbocycles. The summed E-state index contributed by atoms with van der Waals surface area (Å²) in [6, 6.07) is 8.21. The second-order valence-corrected chi connectivity index (χ2v) is 6.56. The summed E-state index contributed by atoms with van der Waals surface area (Å²) >= 11 is 0. The average molecular weight is 389 g/mol. The first kappa shape index (κ1) is 20.9. The fourth-order valence-electron chi connectivity index (χ4n) is 2.60. The summed E-state index contributed by atoms with van der Waals surface area (Å²) in [6.45, 7) is 5.81. The zero-order valence-corrected chi connectivity index (χ0v) is 15.7. The molecule has 0 saturated heterocycles. The predicted molar refractivity (Wildman–Crippen MR) is 98.7 cm³/mol. The fraction of sp³-hybridized carbons (Fsp3) is 0.368. The van der Waals surface area contributed by atoms with E-state index in [0.717, 1.165) is 23.4 Å². The molecular formula is C19H23N3O6. The molecule has 9 heteroatoms. The first-order chi connectivity index (χ1) is 13.3. The van der Waals surface area contributed by atoms with E-state index in [1.165, 1.54) is 5.56 Å². The van der Waals surface area contributed by atoms with Crippen LogP contribution >= 0.6 is 0 Å². The molecule has 0 aliphatic carbocycles. The maximum absolute atomic E-state index is 12.1. The van der Waals surface area contributed by atoms with Crippen molar-refractivity contribution in [1.82, 2.24) is 14.9 Å². The van der Waals surface area contributed by atoms with Crippen molar-refractivity contribution in [3.8, 4) is 0 Å². The van der Waals surface area contributed by atoms with Crippen LogP contribution in [0.3, 0.4) is 0 Å². The highest BCUT2D eigenvalue weighted by Crippen LogP contribution is 2.17. The van der Waals surface area contributed by atoms with Gasteiger partial charge in [-0.1, -0.05) is 38.1 Å². The van der Waals surface area contributed by atoms with Gasteiger partial charge in [0.2, 0.25) is 0 Å². The molecule has 3 N–H and O–H groups in total. The van der Waals surface area contributed by atoms with Gasteiger partial charge in [-0.05, 0) is 17.0 Å². The van der Waals surface area contributed by atoms with Crippen LogP contribution in [0.1, 0.15) is 42.3 Å². The Labute approximate surface area is 162 Å². The molecule has 1 aliphatic rings. The van der Waals surface area contributed by atoms with Crippen molar-refractivity contribution in [3.63, 3.8) is 0 Å². The van der Waals surface area contributed by atoms with Crippen LogP contribution in [0, 0.1) is 0 Å². The minimum atomic E-state index is -1.82. The van der Waals surface area contributed by atoms with Crippen LogP contribution in [0.15, 0.2) is 30.6 Å². The molecule has 28 heavy (non-hydrogen) atoms. The van der Waals surface area contributed by atoms with Crippen LogP contribution < -0.4 is 0 Å². The second-order valence-electron chi connectivity index (χ2n) is 6.56. The highest BCUT2D eigenvalue weighted by atomic mass is 16.6. The van der Waals surface area contributed by atoms with Crippen LogP contribution in [0.2, 0.25) is 0 Å². The van der Waals surface area contributed by atoms with Gasteiger partial charge in [0, 0.05) is 18.7 Å². The number of aromatic amines is 1. The van der Waals surface area contributed by atoms with Gasteiger partial charge < -0.3 is 24.8 Å². The Morgan fingerprint density at radius 2 is 1.82 bits per heavy atom. The monoisotopic (exact) mass is 389 g/mol. The number of nitrogens with zero attached hydrogens (tertiary/aromatic N) is 2. The lowest BCUT2D eigenvalue weighted by molar-refractivity contribution is -0.159. The smallest absolute Gasteiger partial charge is 0.414 e. The summed E-state index contributed by atoms with van der Waals surface area (Å²) in [6.07, 6.45) is 2.20. The largest absolute Gasteiger partial charge is 0.473 e. The Morgan fingerprint density at radius 1 is 1.18 bits per heavy atom. The summed E-state index contributed by atoms with van der Waals surface area (Å²) in [5.74, 6) is -3.14. The number of hydrogen-bond donors (Lipinski definition) is 3. The fourth-order valence-corrected chi connectivity index (χ4v) is 2.60. The zero-order chi connectivity index (χ0) is 20.7. The lowest BCUT2D eigenvalue weighted by Crippen LogP contribution is -2.36. The van der Waals surface area contributed by atoms with Gasteiger partial charge in [0.25, 0.3) is 0 Å². The quantitative estimate of drug-likeness (QED) is 0.686. The van der Waals surface area contributed by atoms with Crippen LogP contribution in [0.4, 0.5) is 4.79 Å². The summed E-state index contributed by atoms with van der Waals surface area (Å²) in [4.78, 5) is 39.4. The number of carboxylic acid groups (broad SMARTS) is 2. The number of imidazole rings is 1. The molecule has 2 heterocycles. The van der Waals surface area contributed by atoms with Crippen LogP contribution in [0.5, 0.6) is 0 Å². The lowest BCUT2D eigenvalue weighted by Gasteiger charge is -2.25. The molecule has 1 amide bonds. The first-order valence-corrected chi connectivity index (χ1v) is 8.75. The molecule has 3 rings (SSSR count). The third kappa shape index (κ3) is 5.83. The molecule has 0 saturated carbocycles. The van der Waals surface area contributed by atoms with E-state index in [0.29, 0.717) is 25.6 Å². The third-order valence-corrected chi connectivity index (χ3v) is 4.23. The van der Waals surface area contributed by atoms with Crippen molar-refractivity contribution in [2.75, 3.05) is 6.54 Å². The summed E-state index contributed by atoms with van der Waals surface area (Å²) in [7, 11) is 0. The SMILES string of the molecule is CC(C)c1ccc(COC(=O)N2CCc3[nH]cnc3C2)cc1.O=C(O)C(=O)O. The number of hydrogen-bond acceptors (Lipinski definition) is 5. The highest BCUT2D eigenvalue weighted by molar-refractivity contribution is 6.27. The van der Waals surface area contributed by atoms with E-state index in [1.807, 2.05) is 12.1 Å². The van der Waals surface area contributed by atoms with Gasteiger partial charge in [-0.3, -0.25) is 0 Å². The van der Waals surface area contributed by atoms with E-state index < -0.39 is 11.9 Å². The van der Waals surface area contributed by atoms with Crippen LogP contribution in [-0.2, 0) is 33.9 Å². The van der Waals surface area contributed by atoms with Crippen LogP contribution in [-0.4, -0.2) is 49.7 Å². The van der Waals surface area contributed by atoms with Crippen LogP contribution in [0.25, 0.3) is 0 Å². The van der Waals surface area contributed by atoms with E-state index in [1.54, 1.807) is 11.2 Å². The Kier molecular flexibility index (Phi) is 7.14. The van der Waals surface area contributed by atoms with E-state index in [4.69, 9.17) is 24.5 Å². The van der Waals surface area contributed by atoms with Gasteiger partial charge in [-0.15, -0.1) is 0 Å². The number of nitrogens with one attached hydrogen (secondary N) is 1. The van der Waals surface area contributed by atoms with Gasteiger partial charge in [0.15, 0.2) is 0 Å². The van der Waals surface area contributed by atoms with E-state index >= 15 is 0 Å². The normalized spacial score (nSPS) is 12.6. The van der Waals surface area contributed by atoms with Gasteiger partial charge in [0.1, 0.15) is 6.61 Å². The number of aliphatic carboxylic acids is 2. The molecule has 9 nitrogen and oxygen atoms in total. The molecule has 1 aliphatic heterocycles. The van der Waals surface area contributed by atoms with Gasteiger partial charge in [0.05, 0.1) is 18.6 Å². The molecule has 0 radical (unpaired) electrons. The van der Waals surface area contributed by atoms with E-state index in [-0.39, 0.29) is 6.09 Å². The standard InChI is InChI=1S/C17H21N3O2.C2H2O4/c1-12(2)14-5-3-13(4-6-14)10-22-17(21)20-8-7-15-16(9-20)19-11-18-15;3-1(4)2(5)6/h3-6,11-12H,7-10H2,1-2H3,(H,18,19);(H,3,4)(H,5,6). The Hall–Kier alpha value is -3.36. The molecule has 150 valence electrons. The molecule has 0 unspecified atom stereocenters. The average Bonchev–Trinajstić information content (AvgIpc) is 3.14. The topological polar surface area (TPSA) is 133 Å². The number of aromatic nitrogens is 2. The van der Waals surface area contributed by atoms with Crippen molar-refractivity contribution in [2.24, 2.45) is 0 Å². The molecule has 0 spiro atoms. The highest BCUT2D eigenvalue weighted by Gasteiger charge is 2.23. The number of benzene rings is 1. The summed E-state index contributed by atoms with van der Waals surface area (Å²) < 4.78 is 5.41. The number of carbonyl (C=O) groups excluding carboxylic acids is 1. The number of fused-ring (bicyclic) bond motifs is 1. The maximum atomic E-state index is 12.1. The Bertz CT molecular complexity index is 816. The van der Waals surface area contributed by atoms with Crippen molar-refractivity contribution < 1.29 is 29.3 Å². The first-order valence-electron chi connectivity index (χ1n) is 8.75. The molecule has 0 bridgehead atoms. The number of carbonyl (C=O) groups is 3. The number of rotatable bonds is 3. The van der Waals surface area contributed by atoms with Crippen molar-refractivity contribution >= 4 is 18.0 Å². The van der Waals surface area contributed by atoms with E-state index in [9.17, 15) is 4.79 Å². The number of H-pyrrole nitrogens is 1. The number of carboxylic acids is 2. The lowest BCUT2D eigenvalue weighted by atomic mass is 10.0. The third-order valence-electron chi connectivity index (χ3n) is 4.23. The number of amides is 1.